The number of nitrogens with zero attached hydrogens (tertiary/aromatic N) is 1. The van der Waals surface area contributed by atoms with Crippen LogP contribution in [0, 0.1) is 17.5 Å². The van der Waals surface area contributed by atoms with Gasteiger partial charge in [0.1, 0.15) is 18.8 Å². The Balaban J connectivity index is 2.02. The van der Waals surface area contributed by atoms with Crippen molar-refractivity contribution >= 4 is 33.4 Å². The van der Waals surface area contributed by atoms with Crippen molar-refractivity contribution in [2.45, 2.75) is 35.1 Å². The van der Waals surface area contributed by atoms with Crippen LogP contribution in [0.1, 0.15) is 35.9 Å². The molecule has 0 aliphatic carbocycles. The van der Waals surface area contributed by atoms with Gasteiger partial charge in [-0.3, -0.25) is 4.79 Å². The summed E-state index contributed by atoms with van der Waals surface area (Å²) in [4.78, 5) is 11.0. The average Bonchev–Trinajstić information content (AvgIpc) is 2.88. The molecule has 2 fully saturated rings. The third-order valence-electron chi connectivity index (χ3n) is 4.51. The second kappa shape index (κ2) is 8.81. The van der Waals surface area contributed by atoms with Crippen molar-refractivity contribution in [3.05, 3.63) is 65.2 Å². The van der Waals surface area contributed by atoms with Crippen LogP contribution in [0.5, 0.6) is 5.75 Å². The number of halogens is 4. The number of benzene rings is 2. The lowest BCUT2D eigenvalue weighted by molar-refractivity contribution is -0.141. The highest BCUT2D eigenvalue weighted by atomic mass is 79.9. The fourth-order valence-electron chi connectivity index (χ4n) is 3.04. The molecule has 2 saturated heterocycles. The molecule has 5 unspecified atom stereocenters. The number of alkyl halides is 2. The molecule has 4 rings (SSSR count). The number of methoxy groups -OCH3 is 1. The second-order valence-electron chi connectivity index (χ2n) is 6.38. The molecule has 2 aromatic rings. The van der Waals surface area contributed by atoms with E-state index in [1.807, 2.05) is 0 Å². The molecule has 0 saturated carbocycles. The van der Waals surface area contributed by atoms with Gasteiger partial charge in [0.15, 0.2) is 0 Å². The van der Waals surface area contributed by atoms with Crippen molar-refractivity contribution in [1.29, 1.82) is 0 Å². The molecule has 0 spiro atoms. The molecule has 2 heterocycles. The van der Waals surface area contributed by atoms with Gasteiger partial charge in [-0.05, 0) is 36.2 Å². The van der Waals surface area contributed by atoms with Gasteiger partial charge in [-0.25, -0.2) is 8.78 Å². The summed E-state index contributed by atoms with van der Waals surface area (Å²) in [7, 11) is 1.40. The average molecular weight is 510 g/mol. The number of ether oxygens (including phenoxy) is 1. The molecular formula is C22H22BrClF2N2O2. The number of nitrogens with one attached hydrogen (secondary N) is 1. The van der Waals surface area contributed by atoms with Crippen LogP contribution in [0.15, 0.2) is 42.5 Å². The largest absolute Gasteiger partial charge is 0.497 e. The SMILES string of the molecule is [2H]N1C([2H])(c2c(F)cccc2F)C([2H])([2H])C([2H])(Cl)C2([2H])C(=O)N(Cc3ccc(OC)cc3)C([2H])([2H])C([2H])(Br)C12[2H]. The number of amides is 1. The molecule has 160 valence electrons. The van der Waals surface area contributed by atoms with E-state index in [-0.39, 0.29) is 5.56 Å². The number of piperidine rings is 2. The summed E-state index contributed by atoms with van der Waals surface area (Å²) in [6.45, 7) is -3.96. The zero-order valence-electron chi connectivity index (χ0n) is 25.5. The monoisotopic (exact) mass is 508 g/mol. The molecular weight excluding hydrogens is 478 g/mol. The highest BCUT2D eigenvalue weighted by molar-refractivity contribution is 9.09. The minimum atomic E-state index is -3.87. The Kier molecular flexibility index (Phi) is 3.63. The van der Waals surface area contributed by atoms with E-state index in [4.69, 9.17) is 30.1 Å². The molecule has 1 amide bonds. The third kappa shape index (κ3) is 4.07. The molecule has 2 aliphatic rings. The zero-order valence-corrected chi connectivity index (χ0v) is 17.8. The van der Waals surface area contributed by atoms with E-state index >= 15 is 8.78 Å². The second-order valence-corrected chi connectivity index (χ2v) is 7.56. The highest BCUT2D eigenvalue weighted by Gasteiger charge is 2.49. The third-order valence-corrected chi connectivity index (χ3v) is 5.34. The lowest BCUT2D eigenvalue weighted by atomic mass is 9.80. The van der Waals surface area contributed by atoms with Crippen LogP contribution < -0.4 is 10.0 Å². The number of rotatable bonds is 4. The lowest BCUT2D eigenvalue weighted by Crippen LogP contribution is -2.64. The molecule has 8 heteroatoms. The van der Waals surface area contributed by atoms with Crippen LogP contribution in [-0.2, 0) is 11.3 Å². The van der Waals surface area contributed by atoms with Gasteiger partial charge in [-0.2, -0.15) is 0 Å². The number of hydrogen-bond acceptors (Lipinski definition) is 3. The molecule has 30 heavy (non-hydrogen) atoms. The molecule has 5 atom stereocenters. The first-order valence-electron chi connectivity index (χ1n) is 13.6. The topological polar surface area (TPSA) is 41.6 Å². The Morgan fingerprint density at radius 1 is 1.33 bits per heavy atom. The van der Waals surface area contributed by atoms with Gasteiger partial charge < -0.3 is 14.9 Å². The van der Waals surface area contributed by atoms with Gasteiger partial charge >= 0.3 is 0 Å². The molecule has 4 nitrogen and oxygen atoms in total. The molecule has 1 N–H and O–H groups in total. The number of carbonyl (C=O) groups excluding carboxylic acids is 1. The Bertz CT molecular complexity index is 1350. The maximum atomic E-state index is 15.0. The summed E-state index contributed by atoms with van der Waals surface area (Å²) < 4.78 is 123. The maximum absolute atomic E-state index is 15.0. The quantitative estimate of drug-likeness (QED) is 0.621. The predicted molar refractivity (Wildman–Crippen MR) is 115 cm³/mol. The molecule has 0 bridgehead atoms. The van der Waals surface area contributed by atoms with Crippen molar-refractivity contribution in [3.63, 3.8) is 0 Å². The van der Waals surface area contributed by atoms with Gasteiger partial charge in [0.05, 0.1) is 17.1 Å². The standard InChI is InChI=1S/C22H22BrClF2N2O2/c1-30-13-7-5-12(6-8-13)10-28-11-14(23)21-19(22(28)29)15(24)9-18(27-21)20-16(25)3-2-4-17(20)26/h2-8,14-15,18-19,21,27H,9-11H2,1H3/i9D2,11D2,14D,15D,18D,19D,21D/hD. The van der Waals surface area contributed by atoms with Crippen LogP contribution in [0.4, 0.5) is 8.78 Å². The molecule has 2 aliphatic heterocycles. The van der Waals surface area contributed by atoms with Gasteiger partial charge in [0, 0.05) is 49.0 Å². The Labute approximate surface area is 201 Å². The minimum absolute atomic E-state index is 0.248. The number of carbonyl (C=O) groups is 1. The summed E-state index contributed by atoms with van der Waals surface area (Å²) >= 11 is 9.03. The fourth-order valence-corrected chi connectivity index (χ4v) is 3.81. The summed E-state index contributed by atoms with van der Waals surface area (Å²) in [6.07, 6.45) is -3.87. The van der Waals surface area contributed by atoms with Crippen LogP contribution in [0.2, 0.25) is 1.41 Å². The molecule has 2 aromatic carbocycles. The zero-order chi connectivity index (χ0) is 30.5. The molecule has 0 aromatic heterocycles. The minimum Gasteiger partial charge on any atom is -0.497 e. The van der Waals surface area contributed by atoms with Crippen molar-refractivity contribution in [3.8, 4) is 5.75 Å². The summed E-state index contributed by atoms with van der Waals surface area (Å²) in [5, 5.41) is -4.30. The van der Waals surface area contributed by atoms with E-state index in [9.17, 15) is 4.79 Å². The van der Waals surface area contributed by atoms with Crippen LogP contribution >= 0.6 is 27.5 Å². The van der Waals surface area contributed by atoms with Gasteiger partial charge in [-0.1, -0.05) is 34.1 Å². The van der Waals surface area contributed by atoms with E-state index in [0.717, 1.165) is 6.07 Å². The van der Waals surface area contributed by atoms with Crippen molar-refractivity contribution in [2.24, 2.45) is 5.89 Å². The summed E-state index contributed by atoms with van der Waals surface area (Å²) in [5.74, 6) is -8.21. The first-order chi connectivity index (χ1) is 18.1. The van der Waals surface area contributed by atoms with Crippen molar-refractivity contribution < 1.29 is 32.1 Å². The molecule has 0 radical (unpaired) electrons. The van der Waals surface area contributed by atoms with Crippen LogP contribution in [0.25, 0.3) is 0 Å². The first-order valence-corrected chi connectivity index (χ1v) is 9.87. The Hall–Kier alpha value is -1.70. The van der Waals surface area contributed by atoms with Gasteiger partial charge in [0.25, 0.3) is 0 Å². The van der Waals surface area contributed by atoms with Crippen molar-refractivity contribution in [1.82, 2.24) is 10.2 Å². The smallest absolute Gasteiger partial charge is 0.229 e. The Morgan fingerprint density at radius 2 is 2.00 bits per heavy atom. The van der Waals surface area contributed by atoms with E-state index < -0.39 is 75.9 Å². The predicted octanol–water partition coefficient (Wildman–Crippen LogP) is 4.41. The number of fused-ring (bicyclic) bond motifs is 1. The van der Waals surface area contributed by atoms with Gasteiger partial charge in [-0.15, -0.1) is 11.6 Å². The summed E-state index contributed by atoms with van der Waals surface area (Å²) in [5.41, 5.74) is -1.23. The van der Waals surface area contributed by atoms with Gasteiger partial charge in [0.2, 0.25) is 5.91 Å². The van der Waals surface area contributed by atoms with E-state index in [2.05, 4.69) is 15.9 Å². The van der Waals surface area contributed by atoms with Crippen molar-refractivity contribution in [2.75, 3.05) is 13.6 Å². The van der Waals surface area contributed by atoms with E-state index in [1.54, 1.807) is 0 Å². The number of likely N-dealkylation sites (tertiary alicyclic amines) is 1. The first kappa shape index (κ1) is 12.4. The van der Waals surface area contributed by atoms with Crippen LogP contribution in [-0.4, -0.2) is 40.6 Å². The summed E-state index contributed by atoms with van der Waals surface area (Å²) in [6, 6.07) is 0.420. The van der Waals surface area contributed by atoms with E-state index in [0.29, 0.717) is 22.8 Å². The van der Waals surface area contributed by atoms with Crippen LogP contribution in [0.3, 0.4) is 0 Å². The Morgan fingerprint density at radius 3 is 2.63 bits per heavy atom. The maximum Gasteiger partial charge on any atom is 0.229 e. The van der Waals surface area contributed by atoms with E-state index in [1.165, 1.54) is 31.4 Å². The fraction of sp³-hybridized carbons (Fsp3) is 0.409. The normalized spacial score (nSPS) is 50.0. The highest BCUT2D eigenvalue weighted by Crippen LogP contribution is 2.40. The lowest BCUT2D eigenvalue weighted by Gasteiger charge is -2.48. The number of hydrogen-bond donors (Lipinski definition) is 1.